The fraction of sp³-hybridized carbons (Fsp3) is 0.800. The number of Topliss-reactive ketones (excluding diaryl/α,β-unsaturated/α-hetero) is 1. The van der Waals surface area contributed by atoms with E-state index in [2.05, 4.69) is 4.74 Å². The predicted molar refractivity (Wildman–Crippen MR) is 81.4 cm³/mol. The van der Waals surface area contributed by atoms with Gasteiger partial charge in [0.25, 0.3) is 6.10 Å². The van der Waals surface area contributed by atoms with Crippen molar-refractivity contribution in [1.29, 1.82) is 0 Å². The number of hydrogen-bond donors (Lipinski definition) is 1. The van der Waals surface area contributed by atoms with E-state index in [1.165, 1.54) is 0 Å². The summed E-state index contributed by atoms with van der Waals surface area (Å²) < 4.78 is 111. The fourth-order valence-corrected chi connectivity index (χ4v) is 4.75. The van der Waals surface area contributed by atoms with Crippen LogP contribution in [-0.2, 0) is 38.7 Å². The third-order valence-corrected chi connectivity index (χ3v) is 6.33. The van der Waals surface area contributed by atoms with Gasteiger partial charge in [-0.1, -0.05) is 0 Å². The zero-order chi connectivity index (χ0) is 22.8. The minimum atomic E-state index is -6.61. The molecule has 4 bridgehead atoms. The van der Waals surface area contributed by atoms with Crippen LogP contribution in [0.15, 0.2) is 0 Å². The summed E-state index contributed by atoms with van der Waals surface area (Å²) in [6.45, 7) is 1.02. The number of ether oxygens (including phenoxy) is 3. The molecule has 1 N–H and O–H groups in total. The Hall–Kier alpha value is -1.87. The Kier molecular flexibility index (Phi) is 5.39. The van der Waals surface area contributed by atoms with Crippen molar-refractivity contribution < 1.29 is 63.5 Å². The normalized spacial score (nSPS) is 34.6. The van der Waals surface area contributed by atoms with Crippen LogP contribution in [0, 0.1) is 17.8 Å². The first-order valence-electron chi connectivity index (χ1n) is 8.54. The molecule has 9 nitrogen and oxygen atoms in total. The van der Waals surface area contributed by atoms with Crippen molar-refractivity contribution in [1.82, 2.24) is 0 Å². The molecule has 2 saturated heterocycles. The lowest BCUT2D eigenvalue weighted by Gasteiger charge is -2.54. The largest absolute Gasteiger partial charge is 0.459 e. The molecule has 0 amide bonds. The molecule has 0 aromatic rings. The van der Waals surface area contributed by atoms with E-state index in [9.17, 15) is 44.8 Å². The van der Waals surface area contributed by atoms with Crippen LogP contribution in [0.3, 0.4) is 0 Å². The average Bonchev–Trinajstić information content (AvgIpc) is 2.55. The van der Waals surface area contributed by atoms with Gasteiger partial charge >= 0.3 is 33.5 Å². The maximum atomic E-state index is 13.7. The second-order valence-electron chi connectivity index (χ2n) is 7.30. The van der Waals surface area contributed by atoms with E-state index in [4.69, 9.17) is 14.0 Å². The monoisotopic (exact) mass is 466 g/mol. The second-order valence-corrected chi connectivity index (χ2v) is 8.80. The first kappa shape index (κ1) is 22.8. The van der Waals surface area contributed by atoms with Crippen LogP contribution in [0.2, 0.25) is 0 Å². The molecule has 4 rings (SSSR count). The molecule has 170 valence electrons. The van der Waals surface area contributed by atoms with Gasteiger partial charge in [0.1, 0.15) is 12.2 Å². The van der Waals surface area contributed by atoms with Crippen molar-refractivity contribution in [3.63, 3.8) is 0 Å². The Bertz CT molecular complexity index is 870. The Morgan fingerprint density at radius 1 is 1.20 bits per heavy atom. The van der Waals surface area contributed by atoms with Crippen LogP contribution in [0.5, 0.6) is 0 Å². The standard InChI is InChI=1S/C15H15F5O9S/c1-4(21)27-11-6-3-7-10(22)5(2-8(11)28-7)9(6)12(23)29-13(14(16,17)18)15(19,20)30(24,25)26/h5-9,11,13H,2-3H2,1H3,(H,24,25,26). The van der Waals surface area contributed by atoms with Crippen LogP contribution in [-0.4, -0.2) is 66.5 Å². The van der Waals surface area contributed by atoms with E-state index in [0.717, 1.165) is 6.92 Å². The SMILES string of the molecule is CC(=O)OC1C2CC3C(=O)C(CC1C3C(=O)OC(C(F)(F)F)C(F)(F)S(=O)(=O)O)O2. The second kappa shape index (κ2) is 7.09. The summed E-state index contributed by atoms with van der Waals surface area (Å²) in [7, 11) is -6.61. The minimum Gasteiger partial charge on any atom is -0.459 e. The topological polar surface area (TPSA) is 133 Å². The van der Waals surface area contributed by atoms with Crippen molar-refractivity contribution in [2.45, 2.75) is 55.6 Å². The number of halogens is 5. The quantitative estimate of drug-likeness (QED) is 0.356. The average molecular weight is 466 g/mol. The number of alkyl halides is 5. The number of hydrogen-bond acceptors (Lipinski definition) is 8. The van der Waals surface area contributed by atoms with Gasteiger partial charge in [0, 0.05) is 18.8 Å². The predicted octanol–water partition coefficient (Wildman–Crippen LogP) is 0.865. The molecule has 4 fully saturated rings. The zero-order valence-electron chi connectivity index (χ0n) is 15.0. The number of carbonyl (C=O) groups excluding carboxylic acids is 3. The van der Waals surface area contributed by atoms with Crippen LogP contribution in [0.25, 0.3) is 0 Å². The first-order valence-corrected chi connectivity index (χ1v) is 9.98. The van der Waals surface area contributed by atoms with Gasteiger partial charge in [0.15, 0.2) is 5.78 Å². The number of esters is 2. The molecule has 0 aromatic carbocycles. The molecule has 30 heavy (non-hydrogen) atoms. The first-order chi connectivity index (χ1) is 13.6. The number of carbonyl (C=O) groups is 3. The van der Waals surface area contributed by atoms with Crippen molar-refractivity contribution >= 4 is 27.8 Å². The van der Waals surface area contributed by atoms with Gasteiger partial charge in [-0.15, -0.1) is 0 Å². The highest BCUT2D eigenvalue weighted by atomic mass is 32.2. The fourth-order valence-electron chi connectivity index (χ4n) is 4.30. The highest BCUT2D eigenvalue weighted by Gasteiger charge is 2.68. The van der Waals surface area contributed by atoms with E-state index >= 15 is 0 Å². The minimum absolute atomic E-state index is 0.227. The van der Waals surface area contributed by atoms with Gasteiger partial charge in [-0.05, 0) is 12.8 Å². The van der Waals surface area contributed by atoms with E-state index < -0.39 is 81.4 Å². The maximum absolute atomic E-state index is 13.7. The molecular weight excluding hydrogens is 451 g/mol. The zero-order valence-corrected chi connectivity index (χ0v) is 15.8. The van der Waals surface area contributed by atoms with Gasteiger partial charge in [0.2, 0.25) is 0 Å². The summed E-state index contributed by atoms with van der Waals surface area (Å²) in [5.74, 6) is -7.36. The summed E-state index contributed by atoms with van der Waals surface area (Å²) in [5, 5.41) is -5.89. The van der Waals surface area contributed by atoms with Crippen molar-refractivity contribution in [3.8, 4) is 0 Å². The highest BCUT2D eigenvalue weighted by Crippen LogP contribution is 2.51. The molecule has 0 radical (unpaired) electrons. The lowest BCUT2D eigenvalue weighted by Crippen LogP contribution is -2.66. The summed E-state index contributed by atoms with van der Waals surface area (Å²) in [6, 6.07) is 0. The molecular formula is C15H15F5O9S. The van der Waals surface area contributed by atoms with Crippen molar-refractivity contribution in [2.24, 2.45) is 17.8 Å². The van der Waals surface area contributed by atoms with Crippen molar-refractivity contribution in [3.05, 3.63) is 0 Å². The lowest BCUT2D eigenvalue weighted by atomic mass is 9.59. The summed E-state index contributed by atoms with van der Waals surface area (Å²) in [4.78, 5) is 36.1. The molecule has 0 aromatic heterocycles. The van der Waals surface area contributed by atoms with Gasteiger partial charge in [-0.2, -0.15) is 30.4 Å². The molecule has 2 aliphatic heterocycles. The molecule has 15 heteroatoms. The third-order valence-electron chi connectivity index (χ3n) is 5.43. The summed E-state index contributed by atoms with van der Waals surface area (Å²) in [5.41, 5.74) is 0. The molecule has 7 atom stereocenters. The van der Waals surface area contributed by atoms with Crippen molar-refractivity contribution in [2.75, 3.05) is 0 Å². The Morgan fingerprint density at radius 2 is 1.80 bits per heavy atom. The molecule has 0 spiro atoms. The smallest absolute Gasteiger partial charge is 0.432 e. The molecule has 4 aliphatic rings. The summed E-state index contributed by atoms with van der Waals surface area (Å²) >= 11 is 0. The Morgan fingerprint density at radius 3 is 2.30 bits per heavy atom. The molecule has 2 aliphatic carbocycles. The molecule has 2 heterocycles. The Balaban J connectivity index is 1.92. The van der Waals surface area contributed by atoms with Gasteiger partial charge in [-0.3, -0.25) is 18.9 Å². The summed E-state index contributed by atoms with van der Waals surface area (Å²) in [6.07, 6.45) is -14.0. The molecule has 7 unspecified atom stereocenters. The van der Waals surface area contributed by atoms with E-state index in [-0.39, 0.29) is 12.8 Å². The highest BCUT2D eigenvalue weighted by molar-refractivity contribution is 7.86. The van der Waals surface area contributed by atoms with E-state index in [0.29, 0.717) is 0 Å². The number of ketones is 1. The van der Waals surface area contributed by atoms with Crippen LogP contribution in [0.4, 0.5) is 22.0 Å². The van der Waals surface area contributed by atoms with Crippen LogP contribution < -0.4 is 0 Å². The van der Waals surface area contributed by atoms with Crippen LogP contribution >= 0.6 is 0 Å². The molecule has 2 saturated carbocycles. The van der Waals surface area contributed by atoms with Gasteiger partial charge in [-0.25, -0.2) is 0 Å². The maximum Gasteiger partial charge on any atom is 0.432 e. The third kappa shape index (κ3) is 3.66. The Labute approximate surface area is 165 Å². The van der Waals surface area contributed by atoms with E-state index in [1.807, 2.05) is 0 Å². The van der Waals surface area contributed by atoms with E-state index in [1.54, 1.807) is 0 Å². The number of rotatable bonds is 5. The van der Waals surface area contributed by atoms with Gasteiger partial charge in [0.05, 0.1) is 12.0 Å². The van der Waals surface area contributed by atoms with Gasteiger partial charge < -0.3 is 14.2 Å². The van der Waals surface area contributed by atoms with Crippen LogP contribution in [0.1, 0.15) is 19.8 Å². The lowest BCUT2D eigenvalue weighted by molar-refractivity contribution is -0.269.